The number of hydrogen-bond acceptors (Lipinski definition) is 3. The normalized spacial score (nSPS) is 14.2. The van der Waals surface area contributed by atoms with Gasteiger partial charge in [-0.1, -0.05) is 12.1 Å². The predicted octanol–water partition coefficient (Wildman–Crippen LogP) is 3.62. The minimum absolute atomic E-state index is 0.00576. The average Bonchev–Trinajstić information content (AvgIpc) is 3.35. The van der Waals surface area contributed by atoms with Crippen LogP contribution in [0.3, 0.4) is 0 Å². The lowest BCUT2D eigenvalue weighted by atomic mass is 10.2. The standard InChI is InChI=1S/C19H22N2O3S/c1-13-4-5-14(2)19(12-13)25(23,24)20-16-6-8-17(9-7-16)21(15(3)22)18-10-11-18/h4-9,12,18,20H,10-11H2,1-3H3. The molecule has 0 radical (unpaired) electrons. The van der Waals surface area contributed by atoms with E-state index in [1.165, 1.54) is 0 Å². The van der Waals surface area contributed by atoms with E-state index in [0.29, 0.717) is 11.3 Å². The molecule has 0 spiro atoms. The molecule has 0 saturated heterocycles. The minimum Gasteiger partial charge on any atom is -0.310 e. The van der Waals surface area contributed by atoms with Crippen molar-refractivity contribution in [3.63, 3.8) is 0 Å². The van der Waals surface area contributed by atoms with Gasteiger partial charge in [0.2, 0.25) is 5.91 Å². The van der Waals surface area contributed by atoms with Gasteiger partial charge >= 0.3 is 0 Å². The van der Waals surface area contributed by atoms with Crippen LogP contribution in [0.4, 0.5) is 11.4 Å². The molecule has 0 unspecified atom stereocenters. The summed E-state index contributed by atoms with van der Waals surface area (Å²) in [6.07, 6.45) is 2.03. The molecule has 25 heavy (non-hydrogen) atoms. The Labute approximate surface area is 148 Å². The predicted molar refractivity (Wildman–Crippen MR) is 99.3 cm³/mol. The number of hydrogen-bond donors (Lipinski definition) is 1. The highest BCUT2D eigenvalue weighted by atomic mass is 32.2. The van der Waals surface area contributed by atoms with Crippen molar-refractivity contribution in [2.75, 3.05) is 9.62 Å². The van der Waals surface area contributed by atoms with Gasteiger partial charge in [-0.3, -0.25) is 9.52 Å². The quantitative estimate of drug-likeness (QED) is 0.888. The first-order chi connectivity index (χ1) is 11.8. The summed E-state index contributed by atoms with van der Waals surface area (Å²) in [7, 11) is -3.65. The van der Waals surface area contributed by atoms with Crippen LogP contribution in [0.25, 0.3) is 0 Å². The third kappa shape index (κ3) is 3.85. The molecule has 2 aromatic rings. The van der Waals surface area contributed by atoms with Crippen molar-refractivity contribution in [2.24, 2.45) is 0 Å². The number of sulfonamides is 1. The van der Waals surface area contributed by atoms with Crippen LogP contribution >= 0.6 is 0 Å². The molecular weight excluding hydrogens is 336 g/mol. The number of carbonyl (C=O) groups is 1. The largest absolute Gasteiger partial charge is 0.310 e. The van der Waals surface area contributed by atoms with Gasteiger partial charge in [-0.25, -0.2) is 8.42 Å². The minimum atomic E-state index is -3.65. The maximum Gasteiger partial charge on any atom is 0.262 e. The number of rotatable bonds is 5. The number of carbonyl (C=O) groups excluding carboxylic acids is 1. The molecule has 1 fully saturated rings. The van der Waals surface area contributed by atoms with E-state index in [-0.39, 0.29) is 16.8 Å². The van der Waals surface area contributed by atoms with E-state index in [4.69, 9.17) is 0 Å². The van der Waals surface area contributed by atoms with Crippen molar-refractivity contribution >= 4 is 27.3 Å². The summed E-state index contributed by atoms with van der Waals surface area (Å²) in [6.45, 7) is 5.19. The second kappa shape index (κ2) is 6.52. The maximum absolute atomic E-state index is 12.6. The Bertz CT molecular complexity index is 901. The molecular formula is C19H22N2O3S. The topological polar surface area (TPSA) is 66.5 Å². The van der Waals surface area contributed by atoms with E-state index in [2.05, 4.69) is 4.72 Å². The van der Waals surface area contributed by atoms with Gasteiger partial charge in [-0.05, 0) is 68.1 Å². The molecule has 6 heteroatoms. The molecule has 0 bridgehead atoms. The van der Waals surface area contributed by atoms with E-state index in [1.54, 1.807) is 55.1 Å². The first-order valence-electron chi connectivity index (χ1n) is 8.28. The Balaban J connectivity index is 1.83. The van der Waals surface area contributed by atoms with Crippen LogP contribution in [0.5, 0.6) is 0 Å². The number of nitrogens with zero attached hydrogens (tertiary/aromatic N) is 1. The number of benzene rings is 2. The second-order valence-electron chi connectivity index (χ2n) is 6.54. The first kappa shape index (κ1) is 17.5. The monoisotopic (exact) mass is 358 g/mol. The number of anilines is 2. The third-order valence-corrected chi connectivity index (χ3v) is 5.81. The summed E-state index contributed by atoms with van der Waals surface area (Å²) in [5, 5.41) is 0. The second-order valence-corrected chi connectivity index (χ2v) is 8.19. The van der Waals surface area contributed by atoms with Crippen LogP contribution in [0.2, 0.25) is 0 Å². The molecule has 1 N–H and O–H groups in total. The van der Waals surface area contributed by atoms with Gasteiger partial charge in [0.1, 0.15) is 0 Å². The molecule has 1 aliphatic rings. The van der Waals surface area contributed by atoms with Crippen molar-refractivity contribution in [2.45, 2.75) is 44.6 Å². The lowest BCUT2D eigenvalue weighted by Crippen LogP contribution is -2.30. The van der Waals surface area contributed by atoms with Crippen molar-refractivity contribution in [1.82, 2.24) is 0 Å². The summed E-state index contributed by atoms with van der Waals surface area (Å²) in [6, 6.07) is 12.6. The fraction of sp³-hybridized carbons (Fsp3) is 0.316. The molecule has 3 rings (SSSR count). The van der Waals surface area contributed by atoms with Crippen molar-refractivity contribution < 1.29 is 13.2 Å². The lowest BCUT2D eigenvalue weighted by Gasteiger charge is -2.21. The zero-order chi connectivity index (χ0) is 18.2. The molecule has 2 aromatic carbocycles. The van der Waals surface area contributed by atoms with Crippen molar-refractivity contribution in [3.8, 4) is 0 Å². The Hall–Kier alpha value is -2.34. The van der Waals surface area contributed by atoms with Crippen LogP contribution in [0, 0.1) is 13.8 Å². The maximum atomic E-state index is 12.6. The van der Waals surface area contributed by atoms with Crippen molar-refractivity contribution in [1.29, 1.82) is 0 Å². The van der Waals surface area contributed by atoms with Crippen molar-refractivity contribution in [3.05, 3.63) is 53.6 Å². The molecule has 132 valence electrons. The van der Waals surface area contributed by atoms with Crippen LogP contribution in [-0.4, -0.2) is 20.4 Å². The highest BCUT2D eigenvalue weighted by molar-refractivity contribution is 7.92. The van der Waals surface area contributed by atoms with Crippen LogP contribution in [-0.2, 0) is 14.8 Å². The van der Waals surface area contributed by atoms with E-state index in [1.807, 2.05) is 13.0 Å². The Kier molecular flexibility index (Phi) is 4.56. The highest BCUT2D eigenvalue weighted by Crippen LogP contribution is 2.32. The third-order valence-electron chi connectivity index (χ3n) is 4.28. The molecule has 1 saturated carbocycles. The zero-order valence-corrected chi connectivity index (χ0v) is 15.4. The molecule has 0 atom stereocenters. The van der Waals surface area contributed by atoms with Gasteiger partial charge in [-0.2, -0.15) is 0 Å². The SMILES string of the molecule is CC(=O)N(c1ccc(NS(=O)(=O)c2cc(C)ccc2C)cc1)C1CC1. The van der Waals surface area contributed by atoms with E-state index in [9.17, 15) is 13.2 Å². The first-order valence-corrected chi connectivity index (χ1v) is 9.76. The highest BCUT2D eigenvalue weighted by Gasteiger charge is 2.31. The fourth-order valence-electron chi connectivity index (χ4n) is 2.88. The summed E-state index contributed by atoms with van der Waals surface area (Å²) < 4.78 is 27.9. The number of amides is 1. The number of aryl methyl sites for hydroxylation is 2. The summed E-state index contributed by atoms with van der Waals surface area (Å²) >= 11 is 0. The Morgan fingerprint density at radius 2 is 1.72 bits per heavy atom. The molecule has 0 heterocycles. The average molecular weight is 358 g/mol. The fourth-order valence-corrected chi connectivity index (χ4v) is 4.27. The van der Waals surface area contributed by atoms with Crippen LogP contribution in [0.1, 0.15) is 30.9 Å². The van der Waals surface area contributed by atoms with Gasteiger partial charge in [0, 0.05) is 24.3 Å². The summed E-state index contributed by atoms with van der Waals surface area (Å²) in [5.41, 5.74) is 2.86. The zero-order valence-electron chi connectivity index (χ0n) is 14.6. The van der Waals surface area contributed by atoms with Crippen LogP contribution in [0.15, 0.2) is 47.4 Å². The van der Waals surface area contributed by atoms with Gasteiger partial charge in [0.25, 0.3) is 10.0 Å². The van der Waals surface area contributed by atoms with Crippen LogP contribution < -0.4 is 9.62 Å². The lowest BCUT2D eigenvalue weighted by molar-refractivity contribution is -0.116. The van der Waals surface area contributed by atoms with Gasteiger partial charge in [0.05, 0.1) is 4.90 Å². The van der Waals surface area contributed by atoms with Gasteiger partial charge in [-0.15, -0.1) is 0 Å². The van der Waals surface area contributed by atoms with E-state index >= 15 is 0 Å². The summed E-state index contributed by atoms with van der Waals surface area (Å²) in [4.78, 5) is 13.9. The number of nitrogens with one attached hydrogen (secondary N) is 1. The van der Waals surface area contributed by atoms with Gasteiger partial charge < -0.3 is 4.90 Å². The molecule has 1 amide bonds. The molecule has 1 aliphatic carbocycles. The Morgan fingerprint density at radius 1 is 1.08 bits per heavy atom. The molecule has 0 aliphatic heterocycles. The van der Waals surface area contributed by atoms with E-state index < -0.39 is 10.0 Å². The Morgan fingerprint density at radius 3 is 2.28 bits per heavy atom. The smallest absolute Gasteiger partial charge is 0.262 e. The molecule has 0 aromatic heterocycles. The summed E-state index contributed by atoms with van der Waals surface area (Å²) in [5.74, 6) is 0.00576. The molecule has 5 nitrogen and oxygen atoms in total. The van der Waals surface area contributed by atoms with E-state index in [0.717, 1.165) is 24.1 Å². The van der Waals surface area contributed by atoms with Gasteiger partial charge in [0.15, 0.2) is 0 Å².